The molecule has 19 heavy (non-hydrogen) atoms. The molecule has 1 saturated heterocycles. The number of aliphatic hydroxyl groups is 1. The number of hydrogen-bond acceptors (Lipinski definition) is 4. The Morgan fingerprint density at radius 1 is 1.05 bits per heavy atom. The van der Waals surface area contributed by atoms with E-state index in [0.29, 0.717) is 0 Å². The van der Waals surface area contributed by atoms with Gasteiger partial charge < -0.3 is 10.4 Å². The van der Waals surface area contributed by atoms with E-state index in [1.807, 2.05) is 42.5 Å². The van der Waals surface area contributed by atoms with Crippen molar-refractivity contribution in [2.75, 3.05) is 16.8 Å². The smallest absolute Gasteiger partial charge is 0.155 e. The molecule has 2 aromatic carbocycles. The second-order valence-corrected chi connectivity index (χ2v) is 7.11. The summed E-state index contributed by atoms with van der Waals surface area (Å²) in [6.07, 6.45) is -0.837. The number of rotatable bonds is 2. The first-order chi connectivity index (χ1) is 9.03. The standard InChI is InChI=1S/C14H15NO3S/c16-14-9-19(17,18)8-13(14)15-12-6-5-10-3-1-2-4-11(10)7-12/h1-7,13-16H,8-9H2. The molecule has 2 unspecified atom stereocenters. The van der Waals surface area contributed by atoms with Crippen LogP contribution >= 0.6 is 0 Å². The molecule has 3 rings (SSSR count). The van der Waals surface area contributed by atoms with E-state index >= 15 is 0 Å². The third-order valence-corrected chi connectivity index (χ3v) is 5.14. The number of sulfone groups is 1. The van der Waals surface area contributed by atoms with E-state index in [0.717, 1.165) is 16.5 Å². The van der Waals surface area contributed by atoms with Crippen LogP contribution in [0.1, 0.15) is 0 Å². The van der Waals surface area contributed by atoms with Gasteiger partial charge in [-0.15, -0.1) is 0 Å². The van der Waals surface area contributed by atoms with Gasteiger partial charge in [-0.3, -0.25) is 0 Å². The summed E-state index contributed by atoms with van der Waals surface area (Å²) in [7, 11) is -3.12. The largest absolute Gasteiger partial charge is 0.390 e. The summed E-state index contributed by atoms with van der Waals surface area (Å²) >= 11 is 0. The van der Waals surface area contributed by atoms with Gasteiger partial charge in [0.1, 0.15) is 0 Å². The van der Waals surface area contributed by atoms with E-state index in [4.69, 9.17) is 0 Å². The Morgan fingerprint density at radius 3 is 2.47 bits per heavy atom. The molecule has 2 aromatic rings. The van der Waals surface area contributed by atoms with Gasteiger partial charge in [0.15, 0.2) is 9.84 Å². The number of anilines is 1. The maximum absolute atomic E-state index is 11.5. The Morgan fingerprint density at radius 2 is 1.79 bits per heavy atom. The summed E-state index contributed by atoms with van der Waals surface area (Å²) in [5, 5.41) is 15.1. The summed E-state index contributed by atoms with van der Waals surface area (Å²) in [6.45, 7) is 0. The summed E-state index contributed by atoms with van der Waals surface area (Å²) < 4.78 is 22.9. The van der Waals surface area contributed by atoms with Crippen LogP contribution in [0.15, 0.2) is 42.5 Å². The van der Waals surface area contributed by atoms with E-state index in [-0.39, 0.29) is 11.5 Å². The van der Waals surface area contributed by atoms with E-state index in [9.17, 15) is 13.5 Å². The lowest BCUT2D eigenvalue weighted by Crippen LogP contribution is -2.31. The molecule has 2 atom stereocenters. The molecule has 1 aliphatic rings. The highest BCUT2D eigenvalue weighted by molar-refractivity contribution is 7.91. The lowest BCUT2D eigenvalue weighted by Gasteiger charge is -2.16. The third-order valence-electron chi connectivity index (χ3n) is 3.42. The molecule has 0 aromatic heterocycles. The zero-order chi connectivity index (χ0) is 13.5. The van der Waals surface area contributed by atoms with Gasteiger partial charge in [-0.05, 0) is 22.9 Å². The van der Waals surface area contributed by atoms with Crippen molar-refractivity contribution < 1.29 is 13.5 Å². The zero-order valence-electron chi connectivity index (χ0n) is 10.3. The maximum atomic E-state index is 11.5. The van der Waals surface area contributed by atoms with Crippen LogP contribution in [-0.2, 0) is 9.84 Å². The first kappa shape index (κ1) is 12.4. The molecule has 4 nitrogen and oxygen atoms in total. The number of hydrogen-bond donors (Lipinski definition) is 2. The van der Waals surface area contributed by atoms with Gasteiger partial charge in [-0.2, -0.15) is 0 Å². The number of benzene rings is 2. The van der Waals surface area contributed by atoms with Crippen molar-refractivity contribution in [2.45, 2.75) is 12.1 Å². The van der Waals surface area contributed by atoms with Gasteiger partial charge in [-0.1, -0.05) is 30.3 Å². The minimum absolute atomic E-state index is 0.0129. The van der Waals surface area contributed by atoms with Crippen molar-refractivity contribution >= 4 is 26.3 Å². The van der Waals surface area contributed by atoms with Gasteiger partial charge in [0.2, 0.25) is 0 Å². The van der Waals surface area contributed by atoms with Gasteiger partial charge in [0, 0.05) is 5.69 Å². The molecule has 1 heterocycles. The van der Waals surface area contributed by atoms with Crippen molar-refractivity contribution in [1.82, 2.24) is 0 Å². The van der Waals surface area contributed by atoms with E-state index < -0.39 is 22.0 Å². The van der Waals surface area contributed by atoms with Crippen molar-refractivity contribution in [3.8, 4) is 0 Å². The van der Waals surface area contributed by atoms with Crippen LogP contribution in [0.2, 0.25) is 0 Å². The molecule has 5 heteroatoms. The molecular weight excluding hydrogens is 262 g/mol. The monoisotopic (exact) mass is 277 g/mol. The van der Waals surface area contributed by atoms with Crippen molar-refractivity contribution in [3.05, 3.63) is 42.5 Å². The summed E-state index contributed by atoms with van der Waals surface area (Å²) in [6, 6.07) is 13.4. The fraction of sp³-hybridized carbons (Fsp3) is 0.286. The van der Waals surface area contributed by atoms with Crippen molar-refractivity contribution in [1.29, 1.82) is 0 Å². The Labute approximate surface area is 112 Å². The van der Waals surface area contributed by atoms with Crippen LogP contribution in [0.5, 0.6) is 0 Å². The Bertz CT molecular complexity index is 711. The van der Waals surface area contributed by atoms with Crippen LogP contribution < -0.4 is 5.32 Å². The molecule has 0 amide bonds. The SMILES string of the molecule is O=S1(=O)CC(O)C(Nc2ccc3ccccc3c2)C1. The molecule has 2 N–H and O–H groups in total. The van der Waals surface area contributed by atoms with Crippen molar-refractivity contribution in [2.24, 2.45) is 0 Å². The maximum Gasteiger partial charge on any atom is 0.155 e. The average Bonchev–Trinajstić information content (AvgIpc) is 2.62. The van der Waals surface area contributed by atoms with Gasteiger partial charge in [0.25, 0.3) is 0 Å². The van der Waals surface area contributed by atoms with Crippen LogP contribution in [-0.4, -0.2) is 37.2 Å². The molecule has 1 aliphatic heterocycles. The number of fused-ring (bicyclic) bond motifs is 1. The fourth-order valence-corrected chi connectivity index (χ4v) is 4.20. The van der Waals surface area contributed by atoms with Crippen LogP contribution in [0.25, 0.3) is 10.8 Å². The highest BCUT2D eigenvalue weighted by atomic mass is 32.2. The summed E-state index contributed by atoms with van der Waals surface area (Å²) in [5.41, 5.74) is 0.833. The molecular formula is C14H15NO3S. The Kier molecular flexibility index (Phi) is 2.95. The van der Waals surface area contributed by atoms with Crippen LogP contribution in [0.3, 0.4) is 0 Å². The molecule has 0 saturated carbocycles. The lowest BCUT2D eigenvalue weighted by atomic mass is 10.1. The first-order valence-electron chi connectivity index (χ1n) is 6.17. The lowest BCUT2D eigenvalue weighted by molar-refractivity contribution is 0.190. The second-order valence-electron chi connectivity index (χ2n) is 4.96. The van der Waals surface area contributed by atoms with Gasteiger partial charge in [-0.25, -0.2) is 8.42 Å². The first-order valence-corrected chi connectivity index (χ1v) is 7.99. The molecule has 0 spiro atoms. The highest BCUT2D eigenvalue weighted by Gasteiger charge is 2.36. The van der Waals surface area contributed by atoms with E-state index in [1.54, 1.807) is 0 Å². The summed E-state index contributed by atoms with van der Waals surface area (Å²) in [4.78, 5) is 0. The second kappa shape index (κ2) is 4.51. The predicted octanol–water partition coefficient (Wildman–Crippen LogP) is 1.41. The molecule has 0 bridgehead atoms. The minimum Gasteiger partial charge on any atom is -0.390 e. The normalized spacial score (nSPS) is 25.5. The third kappa shape index (κ3) is 2.57. The molecule has 1 fully saturated rings. The predicted molar refractivity (Wildman–Crippen MR) is 76.0 cm³/mol. The van der Waals surface area contributed by atoms with Gasteiger partial charge in [0.05, 0.1) is 23.7 Å². The van der Waals surface area contributed by atoms with Crippen LogP contribution in [0, 0.1) is 0 Å². The zero-order valence-corrected chi connectivity index (χ0v) is 11.1. The fourth-order valence-electron chi connectivity index (χ4n) is 2.46. The molecule has 0 radical (unpaired) electrons. The van der Waals surface area contributed by atoms with Crippen LogP contribution in [0.4, 0.5) is 5.69 Å². The summed E-state index contributed by atoms with van der Waals surface area (Å²) in [5.74, 6) is -0.167. The van der Waals surface area contributed by atoms with Gasteiger partial charge >= 0.3 is 0 Å². The van der Waals surface area contributed by atoms with E-state index in [1.165, 1.54) is 0 Å². The molecule has 100 valence electrons. The average molecular weight is 277 g/mol. The van der Waals surface area contributed by atoms with E-state index in [2.05, 4.69) is 5.32 Å². The topological polar surface area (TPSA) is 66.4 Å². The minimum atomic E-state index is -3.12. The Balaban J connectivity index is 1.86. The van der Waals surface area contributed by atoms with Crippen molar-refractivity contribution in [3.63, 3.8) is 0 Å². The Hall–Kier alpha value is -1.59. The molecule has 0 aliphatic carbocycles. The number of aliphatic hydroxyl groups excluding tert-OH is 1. The highest BCUT2D eigenvalue weighted by Crippen LogP contribution is 2.22. The quantitative estimate of drug-likeness (QED) is 0.871. The number of nitrogens with one attached hydrogen (secondary N) is 1.